The van der Waals surface area contributed by atoms with Gasteiger partial charge in [-0.1, -0.05) is 0 Å². The van der Waals surface area contributed by atoms with Crippen LogP contribution in [0, 0.1) is 11.8 Å². The van der Waals surface area contributed by atoms with Gasteiger partial charge in [-0.15, -0.1) is 0 Å². The van der Waals surface area contributed by atoms with Crippen LogP contribution in [-0.2, 0) is 11.3 Å². The standard InChI is InChI=1S/C18H27N3OS/c22-17(13-23-12-15-5-6-15)20-8-1-2-16(11-20)18-19-7-9-21(18)10-14-3-4-14/h7,9,14-16H,1-6,8,10-13H2/t16-/m1/s1. The van der Waals surface area contributed by atoms with E-state index in [4.69, 9.17) is 0 Å². The highest BCUT2D eigenvalue weighted by molar-refractivity contribution is 7.99. The van der Waals surface area contributed by atoms with Crippen LogP contribution in [0.5, 0.6) is 0 Å². The zero-order valence-corrected chi connectivity index (χ0v) is 14.6. The number of hydrogen-bond donors (Lipinski definition) is 0. The molecule has 0 radical (unpaired) electrons. The highest BCUT2D eigenvalue weighted by atomic mass is 32.2. The number of piperidine rings is 1. The zero-order valence-electron chi connectivity index (χ0n) is 13.8. The molecule has 1 amide bonds. The first-order valence-corrected chi connectivity index (χ1v) is 10.3. The van der Waals surface area contributed by atoms with E-state index in [1.54, 1.807) is 0 Å². The Bertz CT molecular complexity index is 550. The molecular formula is C18H27N3OS. The van der Waals surface area contributed by atoms with Crippen LogP contribution < -0.4 is 0 Å². The minimum atomic E-state index is 0.334. The summed E-state index contributed by atoms with van der Waals surface area (Å²) in [6, 6.07) is 0. The van der Waals surface area contributed by atoms with Gasteiger partial charge in [0.05, 0.1) is 5.75 Å². The van der Waals surface area contributed by atoms with E-state index in [1.807, 2.05) is 18.0 Å². The van der Waals surface area contributed by atoms with Crippen molar-refractivity contribution in [2.75, 3.05) is 24.6 Å². The van der Waals surface area contributed by atoms with Crippen LogP contribution in [0.4, 0.5) is 0 Å². The third-order valence-corrected chi connectivity index (χ3v) is 6.47. The van der Waals surface area contributed by atoms with Gasteiger partial charge in [-0.25, -0.2) is 4.98 Å². The van der Waals surface area contributed by atoms with Gasteiger partial charge in [-0.2, -0.15) is 11.8 Å². The summed E-state index contributed by atoms with van der Waals surface area (Å²) in [5, 5.41) is 0. The Kier molecular flexibility index (Phi) is 4.65. The van der Waals surface area contributed by atoms with Crippen molar-refractivity contribution in [1.82, 2.24) is 14.5 Å². The quantitative estimate of drug-likeness (QED) is 0.769. The number of likely N-dealkylation sites (tertiary alicyclic amines) is 1. The Morgan fingerprint density at radius 2 is 2.04 bits per heavy atom. The maximum Gasteiger partial charge on any atom is 0.232 e. The van der Waals surface area contributed by atoms with E-state index in [0.29, 0.717) is 17.6 Å². The average Bonchev–Trinajstić information content (AvgIpc) is 3.48. The maximum absolute atomic E-state index is 12.5. The summed E-state index contributed by atoms with van der Waals surface area (Å²) in [7, 11) is 0. The van der Waals surface area contributed by atoms with E-state index in [0.717, 1.165) is 37.9 Å². The Morgan fingerprint density at radius 3 is 2.83 bits per heavy atom. The van der Waals surface area contributed by atoms with Crippen molar-refractivity contribution in [3.05, 3.63) is 18.2 Å². The minimum absolute atomic E-state index is 0.334. The molecule has 1 saturated heterocycles. The zero-order chi connectivity index (χ0) is 15.6. The van der Waals surface area contributed by atoms with Crippen molar-refractivity contribution in [2.45, 2.75) is 51.0 Å². The monoisotopic (exact) mass is 333 g/mol. The van der Waals surface area contributed by atoms with Gasteiger partial charge < -0.3 is 9.47 Å². The van der Waals surface area contributed by atoms with Gasteiger partial charge in [0.15, 0.2) is 0 Å². The maximum atomic E-state index is 12.5. The second kappa shape index (κ2) is 6.88. The Balaban J connectivity index is 1.32. The van der Waals surface area contributed by atoms with E-state index in [1.165, 1.54) is 43.7 Å². The third kappa shape index (κ3) is 4.11. The van der Waals surface area contributed by atoms with Gasteiger partial charge in [-0.3, -0.25) is 4.79 Å². The van der Waals surface area contributed by atoms with E-state index in [9.17, 15) is 4.79 Å². The summed E-state index contributed by atoms with van der Waals surface area (Å²) >= 11 is 1.83. The molecular weight excluding hydrogens is 306 g/mol. The van der Waals surface area contributed by atoms with Crippen molar-refractivity contribution in [3.8, 4) is 0 Å². The minimum Gasteiger partial charge on any atom is -0.341 e. The van der Waals surface area contributed by atoms with E-state index in [2.05, 4.69) is 20.6 Å². The summed E-state index contributed by atoms with van der Waals surface area (Å²) < 4.78 is 2.35. The lowest BCUT2D eigenvalue weighted by Gasteiger charge is -2.32. The molecule has 1 aromatic heterocycles. The molecule has 2 aliphatic carbocycles. The van der Waals surface area contributed by atoms with E-state index < -0.39 is 0 Å². The first-order chi connectivity index (χ1) is 11.3. The van der Waals surface area contributed by atoms with Crippen LogP contribution in [0.1, 0.15) is 50.3 Å². The second-order valence-corrected chi connectivity index (χ2v) is 8.55. The molecule has 3 fully saturated rings. The Hall–Kier alpha value is -0.970. The molecule has 4 nitrogen and oxygen atoms in total. The van der Waals surface area contributed by atoms with Crippen LogP contribution in [-0.4, -0.2) is 45.0 Å². The summed E-state index contributed by atoms with van der Waals surface area (Å²) in [5.41, 5.74) is 0. The fourth-order valence-electron chi connectivity index (χ4n) is 3.52. The summed E-state index contributed by atoms with van der Waals surface area (Å²) in [4.78, 5) is 19.2. The lowest BCUT2D eigenvalue weighted by atomic mass is 9.97. The number of rotatable bonds is 7. The predicted octanol–water partition coefficient (Wildman–Crippen LogP) is 3.14. The smallest absolute Gasteiger partial charge is 0.232 e. The molecule has 1 aliphatic heterocycles. The molecule has 0 N–H and O–H groups in total. The molecule has 3 aliphatic rings. The lowest BCUT2D eigenvalue weighted by Crippen LogP contribution is -2.40. The first kappa shape index (κ1) is 15.6. The normalized spacial score (nSPS) is 24.9. The molecule has 126 valence electrons. The summed E-state index contributed by atoms with van der Waals surface area (Å²) in [6.07, 6.45) is 11.8. The number of aromatic nitrogens is 2. The van der Waals surface area contributed by atoms with Crippen molar-refractivity contribution in [1.29, 1.82) is 0 Å². The summed E-state index contributed by atoms with van der Waals surface area (Å²) in [5.74, 6) is 5.57. The molecule has 1 aromatic rings. The van der Waals surface area contributed by atoms with Gasteiger partial charge >= 0.3 is 0 Å². The molecule has 4 rings (SSSR count). The molecule has 2 saturated carbocycles. The van der Waals surface area contributed by atoms with Gasteiger partial charge in [0.25, 0.3) is 0 Å². The molecule has 0 unspecified atom stereocenters. The van der Waals surface area contributed by atoms with Gasteiger partial charge in [0.2, 0.25) is 5.91 Å². The number of carbonyl (C=O) groups is 1. The highest BCUT2D eigenvalue weighted by Gasteiger charge is 2.29. The van der Waals surface area contributed by atoms with Crippen LogP contribution >= 0.6 is 11.8 Å². The topological polar surface area (TPSA) is 38.1 Å². The second-order valence-electron chi connectivity index (χ2n) is 7.52. The predicted molar refractivity (Wildman–Crippen MR) is 93.6 cm³/mol. The molecule has 0 aromatic carbocycles. The van der Waals surface area contributed by atoms with Crippen molar-refractivity contribution in [3.63, 3.8) is 0 Å². The molecule has 1 atom stereocenters. The number of amides is 1. The summed E-state index contributed by atoms with van der Waals surface area (Å²) in [6.45, 7) is 2.92. The Morgan fingerprint density at radius 1 is 1.22 bits per heavy atom. The van der Waals surface area contributed by atoms with Crippen LogP contribution in [0.2, 0.25) is 0 Å². The van der Waals surface area contributed by atoms with Gasteiger partial charge in [0, 0.05) is 37.9 Å². The van der Waals surface area contributed by atoms with Gasteiger partial charge in [0.1, 0.15) is 5.82 Å². The third-order valence-electron chi connectivity index (χ3n) is 5.31. The SMILES string of the molecule is O=C(CSCC1CC1)N1CCC[C@@H](c2nccn2CC2CC2)C1. The average molecular weight is 334 g/mol. The van der Waals surface area contributed by atoms with E-state index in [-0.39, 0.29) is 0 Å². The number of thioether (sulfide) groups is 1. The molecule has 5 heteroatoms. The van der Waals surface area contributed by atoms with E-state index >= 15 is 0 Å². The number of imidazole rings is 1. The molecule has 0 spiro atoms. The first-order valence-electron chi connectivity index (χ1n) is 9.16. The highest BCUT2D eigenvalue weighted by Crippen LogP contribution is 2.34. The number of nitrogens with zero attached hydrogens (tertiary/aromatic N) is 3. The van der Waals surface area contributed by atoms with Crippen LogP contribution in [0.25, 0.3) is 0 Å². The van der Waals surface area contributed by atoms with Crippen LogP contribution in [0.3, 0.4) is 0 Å². The largest absolute Gasteiger partial charge is 0.341 e. The fourth-order valence-corrected chi connectivity index (χ4v) is 4.66. The van der Waals surface area contributed by atoms with Crippen molar-refractivity contribution in [2.24, 2.45) is 11.8 Å². The molecule has 23 heavy (non-hydrogen) atoms. The van der Waals surface area contributed by atoms with Crippen molar-refractivity contribution >= 4 is 17.7 Å². The lowest BCUT2D eigenvalue weighted by molar-refractivity contribution is -0.129. The van der Waals surface area contributed by atoms with Crippen molar-refractivity contribution < 1.29 is 4.79 Å². The fraction of sp³-hybridized carbons (Fsp3) is 0.778. The Labute approximate surface area is 143 Å². The van der Waals surface area contributed by atoms with Gasteiger partial charge in [-0.05, 0) is 56.1 Å². The van der Waals surface area contributed by atoms with Crippen LogP contribution in [0.15, 0.2) is 12.4 Å². The molecule has 2 heterocycles. The number of carbonyl (C=O) groups excluding carboxylic acids is 1. The molecule has 0 bridgehead atoms. The number of hydrogen-bond acceptors (Lipinski definition) is 3.